The van der Waals surface area contributed by atoms with Crippen molar-refractivity contribution in [2.45, 2.75) is 38.4 Å². The van der Waals surface area contributed by atoms with Crippen LogP contribution >= 0.6 is 0 Å². The minimum atomic E-state index is -0.705. The first-order chi connectivity index (χ1) is 9.47. The topological polar surface area (TPSA) is 43.8 Å². The van der Waals surface area contributed by atoms with Crippen LogP contribution < -0.4 is 0 Å². The number of carbonyl (C=O) groups is 1. The van der Waals surface area contributed by atoms with Crippen molar-refractivity contribution in [3.63, 3.8) is 0 Å². The third kappa shape index (κ3) is 3.58. The zero-order valence-corrected chi connectivity index (χ0v) is 12.5. The molecule has 0 unspecified atom stereocenters. The Hall–Kier alpha value is -1.39. The largest absolute Gasteiger partial charge is 0.480 e. The third-order valence-electron chi connectivity index (χ3n) is 4.21. The second kappa shape index (κ2) is 6.37. The molecule has 0 bridgehead atoms. The van der Waals surface area contributed by atoms with Crippen molar-refractivity contribution in [1.29, 1.82) is 0 Å². The Bertz CT molecular complexity index is 456. The van der Waals surface area contributed by atoms with E-state index in [1.165, 1.54) is 11.1 Å². The molecule has 1 aromatic rings. The fraction of sp³-hybridized carbons (Fsp3) is 0.562. The number of aryl methyl sites for hydroxylation is 1. The first-order valence-electron chi connectivity index (χ1n) is 7.16. The molecule has 1 aromatic carbocycles. The van der Waals surface area contributed by atoms with Crippen LogP contribution in [0.4, 0.5) is 0 Å². The number of carboxylic acids is 1. The van der Waals surface area contributed by atoms with Gasteiger partial charge in [-0.25, -0.2) is 0 Å². The second-order valence-electron chi connectivity index (χ2n) is 5.95. The number of nitrogens with zero attached hydrogens (tertiary/aromatic N) is 2. The number of benzene rings is 1. The smallest absolute Gasteiger partial charge is 0.320 e. The summed E-state index contributed by atoms with van der Waals surface area (Å²) < 4.78 is 0. The molecule has 2 rings (SSSR count). The minimum absolute atomic E-state index is 0.366. The quantitative estimate of drug-likeness (QED) is 0.913. The molecule has 1 aliphatic heterocycles. The SMILES string of the molecule is Cc1ccc(CN2CC[C@@H](N(C)C)C[C@H]2C(=O)O)cc1. The number of carboxylic acid groups (broad SMARTS) is 1. The molecular weight excluding hydrogens is 252 g/mol. The summed E-state index contributed by atoms with van der Waals surface area (Å²) in [6.45, 7) is 3.62. The van der Waals surface area contributed by atoms with Crippen LogP contribution in [0, 0.1) is 6.92 Å². The molecule has 0 amide bonds. The Morgan fingerprint density at radius 3 is 2.55 bits per heavy atom. The standard InChI is InChI=1S/C16H24N2O2/c1-12-4-6-13(7-5-12)11-18-9-8-14(17(2)3)10-15(18)16(19)20/h4-7,14-15H,8-11H2,1-3H3,(H,19,20)/t14-,15+/m1/s1. The summed E-state index contributed by atoms with van der Waals surface area (Å²) in [7, 11) is 4.05. The molecule has 1 N–H and O–H groups in total. The molecule has 1 fully saturated rings. The number of likely N-dealkylation sites (tertiary alicyclic amines) is 1. The highest BCUT2D eigenvalue weighted by molar-refractivity contribution is 5.73. The molecule has 20 heavy (non-hydrogen) atoms. The fourth-order valence-electron chi connectivity index (χ4n) is 2.84. The molecule has 2 atom stereocenters. The van der Waals surface area contributed by atoms with E-state index in [0.29, 0.717) is 12.5 Å². The highest BCUT2D eigenvalue weighted by Crippen LogP contribution is 2.23. The van der Waals surface area contributed by atoms with E-state index in [-0.39, 0.29) is 6.04 Å². The van der Waals surface area contributed by atoms with Crippen molar-refractivity contribution in [3.8, 4) is 0 Å². The van der Waals surface area contributed by atoms with Crippen LogP contribution in [-0.4, -0.2) is 53.6 Å². The molecular formula is C16H24N2O2. The highest BCUT2D eigenvalue weighted by Gasteiger charge is 2.33. The van der Waals surface area contributed by atoms with E-state index < -0.39 is 5.97 Å². The van der Waals surface area contributed by atoms with E-state index in [4.69, 9.17) is 0 Å². The number of piperidine rings is 1. The Morgan fingerprint density at radius 1 is 1.35 bits per heavy atom. The number of rotatable bonds is 4. The summed E-state index contributed by atoms with van der Waals surface area (Å²) in [4.78, 5) is 15.7. The van der Waals surface area contributed by atoms with Crippen molar-refractivity contribution >= 4 is 5.97 Å². The van der Waals surface area contributed by atoms with Crippen LogP contribution in [0.15, 0.2) is 24.3 Å². The normalized spacial score (nSPS) is 24.0. The maximum absolute atomic E-state index is 11.5. The summed E-state index contributed by atoms with van der Waals surface area (Å²) in [6.07, 6.45) is 1.73. The average molecular weight is 276 g/mol. The third-order valence-corrected chi connectivity index (χ3v) is 4.21. The van der Waals surface area contributed by atoms with Crippen LogP contribution in [0.5, 0.6) is 0 Å². The zero-order chi connectivity index (χ0) is 14.7. The molecule has 0 radical (unpaired) electrons. The first kappa shape index (κ1) is 15.0. The lowest BCUT2D eigenvalue weighted by Crippen LogP contribution is -2.51. The van der Waals surface area contributed by atoms with Gasteiger partial charge in [0.05, 0.1) is 0 Å². The predicted molar refractivity (Wildman–Crippen MR) is 79.7 cm³/mol. The Kier molecular flexibility index (Phi) is 4.78. The van der Waals surface area contributed by atoms with Gasteiger partial charge in [-0.1, -0.05) is 29.8 Å². The number of hydrogen-bond acceptors (Lipinski definition) is 3. The molecule has 110 valence electrons. The Balaban J connectivity index is 2.06. The van der Waals surface area contributed by atoms with Gasteiger partial charge in [-0.05, 0) is 39.4 Å². The van der Waals surface area contributed by atoms with Crippen LogP contribution in [-0.2, 0) is 11.3 Å². The van der Waals surface area contributed by atoms with E-state index in [1.54, 1.807) is 0 Å². The van der Waals surface area contributed by atoms with Crippen molar-refractivity contribution in [1.82, 2.24) is 9.80 Å². The van der Waals surface area contributed by atoms with E-state index in [2.05, 4.69) is 41.0 Å². The van der Waals surface area contributed by atoms with Gasteiger partial charge in [-0.3, -0.25) is 9.69 Å². The molecule has 1 saturated heterocycles. The summed E-state index contributed by atoms with van der Waals surface area (Å²) in [5.74, 6) is -0.705. The molecule has 1 aliphatic rings. The van der Waals surface area contributed by atoms with Crippen LogP contribution in [0.25, 0.3) is 0 Å². The van der Waals surface area contributed by atoms with Gasteiger partial charge < -0.3 is 10.0 Å². The lowest BCUT2D eigenvalue weighted by molar-refractivity contribution is -0.145. The van der Waals surface area contributed by atoms with E-state index >= 15 is 0 Å². The molecule has 4 nitrogen and oxygen atoms in total. The number of hydrogen-bond donors (Lipinski definition) is 1. The molecule has 4 heteroatoms. The maximum atomic E-state index is 11.5. The summed E-state index contributed by atoms with van der Waals surface area (Å²) in [5, 5.41) is 9.47. The average Bonchev–Trinajstić information content (AvgIpc) is 2.41. The zero-order valence-electron chi connectivity index (χ0n) is 12.5. The van der Waals surface area contributed by atoms with Gasteiger partial charge in [0.1, 0.15) is 6.04 Å². The summed E-state index contributed by atoms with van der Waals surface area (Å²) in [6, 6.07) is 8.33. The molecule has 0 aliphatic carbocycles. The molecule has 0 spiro atoms. The van der Waals surface area contributed by atoms with Gasteiger partial charge in [0.15, 0.2) is 0 Å². The van der Waals surface area contributed by atoms with Gasteiger partial charge in [-0.2, -0.15) is 0 Å². The predicted octanol–water partition coefficient (Wildman–Crippen LogP) is 1.97. The summed E-state index contributed by atoms with van der Waals surface area (Å²) >= 11 is 0. The number of aliphatic carboxylic acids is 1. The van der Waals surface area contributed by atoms with Gasteiger partial charge in [0.2, 0.25) is 0 Å². The van der Waals surface area contributed by atoms with Crippen molar-refractivity contribution in [2.24, 2.45) is 0 Å². The maximum Gasteiger partial charge on any atom is 0.320 e. The first-order valence-corrected chi connectivity index (χ1v) is 7.16. The van der Waals surface area contributed by atoms with E-state index in [9.17, 15) is 9.90 Å². The van der Waals surface area contributed by atoms with Crippen molar-refractivity contribution in [3.05, 3.63) is 35.4 Å². The second-order valence-corrected chi connectivity index (χ2v) is 5.95. The van der Waals surface area contributed by atoms with Crippen molar-refractivity contribution in [2.75, 3.05) is 20.6 Å². The van der Waals surface area contributed by atoms with Gasteiger partial charge >= 0.3 is 5.97 Å². The summed E-state index contributed by atoms with van der Waals surface area (Å²) in [5.41, 5.74) is 2.42. The van der Waals surface area contributed by atoms with Crippen LogP contribution in [0.1, 0.15) is 24.0 Å². The Morgan fingerprint density at radius 2 is 2.00 bits per heavy atom. The van der Waals surface area contributed by atoms with E-state index in [1.807, 2.05) is 14.1 Å². The van der Waals surface area contributed by atoms with Gasteiger partial charge in [0, 0.05) is 19.1 Å². The molecule has 0 aromatic heterocycles. The van der Waals surface area contributed by atoms with Gasteiger partial charge in [0.25, 0.3) is 0 Å². The monoisotopic (exact) mass is 276 g/mol. The lowest BCUT2D eigenvalue weighted by atomic mass is 9.95. The fourth-order valence-corrected chi connectivity index (χ4v) is 2.84. The van der Waals surface area contributed by atoms with Crippen molar-refractivity contribution < 1.29 is 9.90 Å². The minimum Gasteiger partial charge on any atom is -0.480 e. The van der Waals surface area contributed by atoms with Gasteiger partial charge in [-0.15, -0.1) is 0 Å². The lowest BCUT2D eigenvalue weighted by Gasteiger charge is -2.39. The van der Waals surface area contributed by atoms with E-state index in [0.717, 1.165) is 19.5 Å². The highest BCUT2D eigenvalue weighted by atomic mass is 16.4. The molecule has 0 saturated carbocycles. The Labute approximate surface area is 121 Å². The van der Waals surface area contributed by atoms with Crippen LogP contribution in [0.3, 0.4) is 0 Å². The molecule has 1 heterocycles. The van der Waals surface area contributed by atoms with Crippen LogP contribution in [0.2, 0.25) is 0 Å².